The summed E-state index contributed by atoms with van der Waals surface area (Å²) in [6, 6.07) is 13.3. The van der Waals surface area contributed by atoms with Crippen LogP contribution in [-0.4, -0.2) is 36.2 Å². The van der Waals surface area contributed by atoms with E-state index in [1.165, 1.54) is 12.1 Å². The second-order valence-corrected chi connectivity index (χ2v) is 7.19. The van der Waals surface area contributed by atoms with Crippen LogP contribution < -0.4 is 5.32 Å². The first-order valence-corrected chi connectivity index (χ1v) is 9.93. The Kier molecular flexibility index (Phi) is 6.40. The number of phenolic OH excluding ortho intramolecular Hbond substituents is 1. The van der Waals surface area contributed by atoms with Crippen molar-refractivity contribution in [3.05, 3.63) is 59.7 Å². The van der Waals surface area contributed by atoms with E-state index < -0.39 is 23.3 Å². The fourth-order valence-electron chi connectivity index (χ4n) is 3.83. The summed E-state index contributed by atoms with van der Waals surface area (Å²) in [6.07, 6.45) is 0.0649. The van der Waals surface area contributed by atoms with Gasteiger partial charge in [-0.05, 0) is 62.1 Å². The number of esters is 2. The largest absolute Gasteiger partial charge is 0.508 e. The van der Waals surface area contributed by atoms with Crippen LogP contribution in [0.4, 0.5) is 5.69 Å². The maximum Gasteiger partial charge on any atom is 0.323 e. The normalized spacial score (nSPS) is 16.8. The van der Waals surface area contributed by atoms with Gasteiger partial charge in [-0.1, -0.05) is 24.3 Å². The molecule has 1 atom stereocenters. The number of hydrogen-bond acceptors (Lipinski definition) is 6. The smallest absolute Gasteiger partial charge is 0.323 e. The molecule has 0 aromatic heterocycles. The average Bonchev–Trinajstić information content (AvgIpc) is 2.74. The number of carbonyl (C=O) groups is 3. The maximum atomic E-state index is 13.2. The number of fused-ring (bicyclic) bond motifs is 1. The van der Waals surface area contributed by atoms with Crippen molar-refractivity contribution in [3.8, 4) is 5.75 Å². The van der Waals surface area contributed by atoms with Crippen molar-refractivity contribution in [1.29, 1.82) is 0 Å². The molecule has 2 aromatic carbocycles. The van der Waals surface area contributed by atoms with Crippen molar-refractivity contribution in [2.75, 3.05) is 18.5 Å². The molecule has 1 unspecified atom stereocenters. The summed E-state index contributed by atoms with van der Waals surface area (Å²) in [4.78, 5) is 39.0. The Morgan fingerprint density at radius 3 is 2.20 bits per heavy atom. The van der Waals surface area contributed by atoms with Gasteiger partial charge in [0.1, 0.15) is 5.75 Å². The summed E-state index contributed by atoms with van der Waals surface area (Å²) in [5, 5.41) is 12.3. The van der Waals surface area contributed by atoms with Crippen molar-refractivity contribution in [2.45, 2.75) is 32.6 Å². The Bertz CT molecular complexity index is 919. The van der Waals surface area contributed by atoms with E-state index in [1.54, 1.807) is 32.0 Å². The van der Waals surface area contributed by atoms with Crippen LogP contribution in [0.1, 0.15) is 37.3 Å². The molecule has 30 heavy (non-hydrogen) atoms. The van der Waals surface area contributed by atoms with Gasteiger partial charge in [-0.15, -0.1) is 0 Å². The highest BCUT2D eigenvalue weighted by Crippen LogP contribution is 2.45. The van der Waals surface area contributed by atoms with Crippen LogP contribution in [0.15, 0.2) is 48.5 Å². The molecular formula is C23H25NO6. The number of aromatic hydroxyl groups is 1. The van der Waals surface area contributed by atoms with E-state index in [2.05, 4.69) is 5.32 Å². The van der Waals surface area contributed by atoms with E-state index >= 15 is 0 Å². The molecule has 7 heteroatoms. The molecule has 0 saturated heterocycles. The van der Waals surface area contributed by atoms with Crippen molar-refractivity contribution in [2.24, 2.45) is 5.41 Å². The molecular weight excluding hydrogens is 386 g/mol. The van der Waals surface area contributed by atoms with Gasteiger partial charge in [0.2, 0.25) is 5.91 Å². The monoisotopic (exact) mass is 411 g/mol. The van der Waals surface area contributed by atoms with Gasteiger partial charge in [-0.3, -0.25) is 14.4 Å². The third-order valence-electron chi connectivity index (χ3n) is 5.26. The van der Waals surface area contributed by atoms with Crippen LogP contribution >= 0.6 is 0 Å². The molecule has 0 fully saturated rings. The molecule has 158 valence electrons. The first-order valence-electron chi connectivity index (χ1n) is 9.93. The van der Waals surface area contributed by atoms with Crippen LogP contribution in [0.5, 0.6) is 5.75 Å². The summed E-state index contributed by atoms with van der Waals surface area (Å²) < 4.78 is 10.5. The number of carbonyl (C=O) groups excluding carboxylic acids is 3. The van der Waals surface area contributed by atoms with E-state index in [1.807, 2.05) is 18.2 Å². The first-order chi connectivity index (χ1) is 14.4. The van der Waals surface area contributed by atoms with Gasteiger partial charge in [-0.2, -0.15) is 0 Å². The predicted octanol–water partition coefficient (Wildman–Crippen LogP) is 3.17. The number of hydrogen-bond donors (Lipinski definition) is 2. The molecule has 1 amide bonds. The van der Waals surface area contributed by atoms with E-state index in [4.69, 9.17) is 9.47 Å². The number of benzene rings is 2. The Morgan fingerprint density at radius 2 is 1.60 bits per heavy atom. The molecule has 2 aromatic rings. The molecule has 1 aliphatic carbocycles. The lowest BCUT2D eigenvalue weighted by molar-refractivity contribution is -0.173. The van der Waals surface area contributed by atoms with Gasteiger partial charge < -0.3 is 19.9 Å². The second kappa shape index (κ2) is 8.98. The number of phenols is 1. The SMILES string of the molecule is CCOC(=O)C1(C(=O)OCC)Cc2ccccc2C(C(=O)Nc2ccc(O)cc2)C1. The Labute approximate surface area is 175 Å². The van der Waals surface area contributed by atoms with E-state index in [9.17, 15) is 19.5 Å². The Hall–Kier alpha value is -3.35. The Morgan fingerprint density at radius 1 is 1.00 bits per heavy atom. The minimum Gasteiger partial charge on any atom is -0.508 e. The van der Waals surface area contributed by atoms with E-state index in [0.717, 1.165) is 11.1 Å². The number of amides is 1. The number of ether oxygens (including phenoxy) is 2. The third kappa shape index (κ3) is 4.15. The van der Waals surface area contributed by atoms with Gasteiger partial charge in [-0.25, -0.2) is 0 Å². The molecule has 0 bridgehead atoms. The minimum absolute atomic E-state index is 0.0500. The fourth-order valence-corrected chi connectivity index (χ4v) is 3.83. The Balaban J connectivity index is 2.00. The zero-order valence-corrected chi connectivity index (χ0v) is 17.0. The zero-order chi connectivity index (χ0) is 21.7. The molecule has 0 aliphatic heterocycles. The molecule has 0 spiro atoms. The van der Waals surface area contributed by atoms with E-state index in [-0.39, 0.29) is 37.7 Å². The lowest BCUT2D eigenvalue weighted by atomic mass is 9.66. The van der Waals surface area contributed by atoms with Crippen LogP contribution in [-0.2, 0) is 30.3 Å². The lowest BCUT2D eigenvalue weighted by Crippen LogP contribution is -2.48. The van der Waals surface area contributed by atoms with E-state index in [0.29, 0.717) is 5.69 Å². The summed E-state index contributed by atoms with van der Waals surface area (Å²) in [6.45, 7) is 3.57. The molecule has 0 heterocycles. The molecule has 3 rings (SSSR count). The molecule has 2 N–H and O–H groups in total. The van der Waals surface area contributed by atoms with Gasteiger partial charge >= 0.3 is 11.9 Å². The fraction of sp³-hybridized carbons (Fsp3) is 0.348. The number of rotatable bonds is 6. The summed E-state index contributed by atoms with van der Waals surface area (Å²) in [5.41, 5.74) is 0.407. The maximum absolute atomic E-state index is 13.2. The quantitative estimate of drug-likeness (QED) is 0.430. The molecule has 0 radical (unpaired) electrons. The van der Waals surface area contributed by atoms with Crippen LogP contribution in [0.2, 0.25) is 0 Å². The molecule has 0 saturated carbocycles. The second-order valence-electron chi connectivity index (χ2n) is 7.19. The zero-order valence-electron chi connectivity index (χ0n) is 17.0. The highest BCUT2D eigenvalue weighted by molar-refractivity contribution is 6.03. The molecule has 1 aliphatic rings. The third-order valence-corrected chi connectivity index (χ3v) is 5.26. The lowest BCUT2D eigenvalue weighted by Gasteiger charge is -2.37. The standard InChI is InChI=1S/C23H25NO6/c1-3-29-21(27)23(22(28)30-4-2)13-15-7-5-6-8-18(15)19(14-23)20(26)24-16-9-11-17(25)12-10-16/h5-12,19,25H,3-4,13-14H2,1-2H3,(H,24,26). The minimum atomic E-state index is -1.59. The highest BCUT2D eigenvalue weighted by atomic mass is 16.6. The summed E-state index contributed by atoms with van der Waals surface area (Å²) >= 11 is 0. The van der Waals surface area contributed by atoms with Crippen molar-refractivity contribution >= 4 is 23.5 Å². The summed E-state index contributed by atoms with van der Waals surface area (Å²) in [7, 11) is 0. The number of anilines is 1. The van der Waals surface area contributed by atoms with Crippen molar-refractivity contribution in [1.82, 2.24) is 0 Å². The predicted molar refractivity (Wildman–Crippen MR) is 110 cm³/mol. The summed E-state index contributed by atoms with van der Waals surface area (Å²) in [5.74, 6) is -2.39. The van der Waals surface area contributed by atoms with Gasteiger partial charge in [0.25, 0.3) is 0 Å². The van der Waals surface area contributed by atoms with Crippen LogP contribution in [0.25, 0.3) is 0 Å². The van der Waals surface area contributed by atoms with Crippen molar-refractivity contribution in [3.63, 3.8) is 0 Å². The first kappa shape index (κ1) is 21.4. The van der Waals surface area contributed by atoms with Gasteiger partial charge in [0, 0.05) is 5.69 Å². The topological polar surface area (TPSA) is 102 Å². The highest BCUT2D eigenvalue weighted by Gasteiger charge is 2.54. The molecule has 7 nitrogen and oxygen atoms in total. The van der Waals surface area contributed by atoms with Gasteiger partial charge in [0.05, 0.1) is 19.1 Å². The van der Waals surface area contributed by atoms with Gasteiger partial charge in [0.15, 0.2) is 5.41 Å². The van der Waals surface area contributed by atoms with Crippen molar-refractivity contribution < 1.29 is 29.0 Å². The average molecular weight is 411 g/mol. The van der Waals surface area contributed by atoms with Crippen LogP contribution in [0.3, 0.4) is 0 Å². The number of nitrogens with one attached hydrogen (secondary N) is 1. The van der Waals surface area contributed by atoms with Crippen LogP contribution in [0, 0.1) is 5.41 Å².